The molecule has 0 heterocycles. The summed E-state index contributed by atoms with van der Waals surface area (Å²) in [4.78, 5) is 28.7. The van der Waals surface area contributed by atoms with Crippen LogP contribution in [0.5, 0.6) is 0 Å². The molecule has 8 nitrogen and oxygen atoms in total. The van der Waals surface area contributed by atoms with Gasteiger partial charge in [0.05, 0.1) is 26.4 Å². The standard InChI is InChI=1S/C30H60N2O6/c1-5-9-17-31(18-10-6-2)21-23-35-25-27-37-29(33)15-13-14-16-30(34)38-28-26-36-24-22-32(19-11-7-3)20-12-8-4/h5-28H2,1-4H3. The Kier molecular flexibility index (Phi) is 27.9. The lowest BCUT2D eigenvalue weighted by molar-refractivity contribution is -0.147. The summed E-state index contributed by atoms with van der Waals surface area (Å²) in [5.74, 6) is -0.482. The van der Waals surface area contributed by atoms with Crippen LogP contribution in [0.3, 0.4) is 0 Å². The number of esters is 2. The van der Waals surface area contributed by atoms with Gasteiger partial charge < -0.3 is 28.7 Å². The molecule has 0 spiro atoms. The average Bonchev–Trinajstić information content (AvgIpc) is 2.92. The molecule has 0 N–H and O–H groups in total. The van der Waals surface area contributed by atoms with Crippen LogP contribution < -0.4 is 0 Å². The smallest absolute Gasteiger partial charge is 0.305 e. The fourth-order valence-corrected chi connectivity index (χ4v) is 3.90. The number of rotatable bonds is 29. The van der Waals surface area contributed by atoms with E-state index in [4.69, 9.17) is 18.9 Å². The minimum absolute atomic E-state index is 0.241. The summed E-state index contributed by atoms with van der Waals surface area (Å²) in [5, 5.41) is 0. The van der Waals surface area contributed by atoms with Crippen LogP contribution in [0, 0.1) is 0 Å². The van der Waals surface area contributed by atoms with Crippen molar-refractivity contribution in [3.8, 4) is 0 Å². The van der Waals surface area contributed by atoms with Crippen LogP contribution in [0.25, 0.3) is 0 Å². The average molecular weight is 545 g/mol. The van der Waals surface area contributed by atoms with Crippen molar-refractivity contribution >= 4 is 11.9 Å². The quantitative estimate of drug-likeness (QED) is 0.0906. The Hall–Kier alpha value is -1.22. The van der Waals surface area contributed by atoms with E-state index in [0.717, 1.165) is 39.3 Å². The molecule has 0 unspecified atom stereocenters. The van der Waals surface area contributed by atoms with Crippen molar-refractivity contribution in [2.75, 3.05) is 78.9 Å². The molecule has 0 aliphatic carbocycles. The van der Waals surface area contributed by atoms with Gasteiger partial charge in [-0.05, 0) is 64.7 Å². The van der Waals surface area contributed by atoms with Crippen molar-refractivity contribution in [2.24, 2.45) is 0 Å². The lowest BCUT2D eigenvalue weighted by Gasteiger charge is -2.21. The van der Waals surface area contributed by atoms with Crippen LogP contribution in [-0.4, -0.2) is 101 Å². The zero-order valence-corrected chi connectivity index (χ0v) is 25.3. The maximum absolute atomic E-state index is 11.9. The van der Waals surface area contributed by atoms with Crippen molar-refractivity contribution in [1.82, 2.24) is 9.80 Å². The minimum atomic E-state index is -0.241. The van der Waals surface area contributed by atoms with Crippen molar-refractivity contribution in [2.45, 2.75) is 105 Å². The summed E-state index contributed by atoms with van der Waals surface area (Å²) in [6.07, 6.45) is 11.5. The molecule has 0 fully saturated rings. The maximum atomic E-state index is 11.9. The fourth-order valence-electron chi connectivity index (χ4n) is 3.90. The van der Waals surface area contributed by atoms with E-state index in [0.29, 0.717) is 52.1 Å². The van der Waals surface area contributed by atoms with Crippen LogP contribution in [0.2, 0.25) is 0 Å². The molecule has 0 aliphatic heterocycles. The molecular weight excluding hydrogens is 484 g/mol. The first kappa shape index (κ1) is 36.8. The predicted molar refractivity (Wildman–Crippen MR) is 155 cm³/mol. The first-order chi connectivity index (χ1) is 18.6. The number of carbonyl (C=O) groups excluding carboxylic acids is 2. The van der Waals surface area contributed by atoms with Gasteiger partial charge in [0.2, 0.25) is 0 Å². The molecule has 0 rings (SSSR count). The van der Waals surface area contributed by atoms with Gasteiger partial charge in [0, 0.05) is 25.9 Å². The minimum Gasteiger partial charge on any atom is -0.463 e. The maximum Gasteiger partial charge on any atom is 0.305 e. The molecule has 0 amide bonds. The molecule has 0 saturated carbocycles. The largest absolute Gasteiger partial charge is 0.463 e. The predicted octanol–water partition coefficient (Wildman–Crippen LogP) is 5.47. The number of hydrogen-bond donors (Lipinski definition) is 0. The van der Waals surface area contributed by atoms with Gasteiger partial charge in [-0.2, -0.15) is 0 Å². The second kappa shape index (κ2) is 28.8. The van der Waals surface area contributed by atoms with Crippen LogP contribution >= 0.6 is 0 Å². The van der Waals surface area contributed by atoms with E-state index in [1.165, 1.54) is 51.4 Å². The summed E-state index contributed by atoms with van der Waals surface area (Å²) in [7, 11) is 0. The van der Waals surface area contributed by atoms with E-state index in [-0.39, 0.29) is 25.2 Å². The number of unbranched alkanes of at least 4 members (excludes halogenated alkanes) is 5. The third-order valence-electron chi connectivity index (χ3n) is 6.41. The van der Waals surface area contributed by atoms with Crippen LogP contribution in [0.4, 0.5) is 0 Å². The van der Waals surface area contributed by atoms with Crippen molar-refractivity contribution in [3.05, 3.63) is 0 Å². The Balaban J connectivity index is 3.65. The Morgan fingerprint density at radius 2 is 0.789 bits per heavy atom. The monoisotopic (exact) mass is 544 g/mol. The fraction of sp³-hybridized carbons (Fsp3) is 0.933. The SMILES string of the molecule is CCCCN(CCCC)CCOCCOC(=O)CCCCC(=O)OCCOCCN(CCCC)CCCC. The van der Waals surface area contributed by atoms with E-state index in [9.17, 15) is 9.59 Å². The van der Waals surface area contributed by atoms with Gasteiger partial charge in [0.25, 0.3) is 0 Å². The molecule has 0 radical (unpaired) electrons. The Labute approximate surface area is 234 Å². The number of nitrogens with zero attached hydrogens (tertiary/aromatic N) is 2. The van der Waals surface area contributed by atoms with Gasteiger partial charge in [-0.1, -0.05) is 53.4 Å². The third-order valence-corrected chi connectivity index (χ3v) is 6.41. The molecule has 0 atom stereocenters. The van der Waals surface area contributed by atoms with Crippen LogP contribution in [-0.2, 0) is 28.5 Å². The molecule has 0 aromatic heterocycles. The number of hydrogen-bond acceptors (Lipinski definition) is 8. The zero-order chi connectivity index (χ0) is 28.1. The molecule has 0 aliphatic rings. The lowest BCUT2D eigenvalue weighted by Crippen LogP contribution is -2.30. The highest BCUT2D eigenvalue weighted by molar-refractivity contribution is 5.70. The molecule has 226 valence electrons. The summed E-state index contributed by atoms with van der Waals surface area (Å²) in [6, 6.07) is 0. The number of carbonyl (C=O) groups is 2. The van der Waals surface area contributed by atoms with Gasteiger partial charge in [0.15, 0.2) is 0 Å². The molecule has 38 heavy (non-hydrogen) atoms. The van der Waals surface area contributed by atoms with Crippen LogP contribution in [0.1, 0.15) is 105 Å². The molecule has 0 aromatic rings. The van der Waals surface area contributed by atoms with Gasteiger partial charge >= 0.3 is 11.9 Å². The number of ether oxygens (including phenoxy) is 4. The second-order valence-electron chi connectivity index (χ2n) is 9.97. The summed E-state index contributed by atoms with van der Waals surface area (Å²) in [6.45, 7) is 17.9. The Morgan fingerprint density at radius 3 is 1.11 bits per heavy atom. The molecule has 0 bridgehead atoms. The van der Waals surface area contributed by atoms with E-state index in [1.807, 2.05) is 0 Å². The van der Waals surface area contributed by atoms with E-state index in [2.05, 4.69) is 37.5 Å². The second-order valence-corrected chi connectivity index (χ2v) is 9.97. The highest BCUT2D eigenvalue weighted by Crippen LogP contribution is 2.04. The molecule has 0 aromatic carbocycles. The Bertz CT molecular complexity index is 473. The van der Waals surface area contributed by atoms with Gasteiger partial charge in [-0.15, -0.1) is 0 Å². The highest BCUT2D eigenvalue weighted by atomic mass is 16.6. The first-order valence-corrected chi connectivity index (χ1v) is 15.5. The van der Waals surface area contributed by atoms with E-state index >= 15 is 0 Å². The van der Waals surface area contributed by atoms with E-state index in [1.54, 1.807) is 0 Å². The molecular formula is C30H60N2O6. The van der Waals surface area contributed by atoms with Crippen LogP contribution in [0.15, 0.2) is 0 Å². The first-order valence-electron chi connectivity index (χ1n) is 15.5. The molecule has 0 saturated heterocycles. The topological polar surface area (TPSA) is 77.5 Å². The summed E-state index contributed by atoms with van der Waals surface area (Å²) < 4.78 is 21.8. The third kappa shape index (κ3) is 25.1. The zero-order valence-electron chi connectivity index (χ0n) is 25.3. The van der Waals surface area contributed by atoms with Gasteiger partial charge in [-0.3, -0.25) is 9.59 Å². The normalized spacial score (nSPS) is 11.4. The summed E-state index contributed by atoms with van der Waals surface area (Å²) in [5.41, 5.74) is 0. The Morgan fingerprint density at radius 1 is 0.447 bits per heavy atom. The van der Waals surface area contributed by atoms with Crippen molar-refractivity contribution in [1.29, 1.82) is 0 Å². The lowest BCUT2D eigenvalue weighted by atomic mass is 10.2. The van der Waals surface area contributed by atoms with Crippen molar-refractivity contribution < 1.29 is 28.5 Å². The highest BCUT2D eigenvalue weighted by Gasteiger charge is 2.08. The molecule has 8 heteroatoms. The van der Waals surface area contributed by atoms with E-state index < -0.39 is 0 Å². The summed E-state index contributed by atoms with van der Waals surface area (Å²) >= 11 is 0. The van der Waals surface area contributed by atoms with Gasteiger partial charge in [0.1, 0.15) is 13.2 Å². The van der Waals surface area contributed by atoms with Crippen molar-refractivity contribution in [3.63, 3.8) is 0 Å². The van der Waals surface area contributed by atoms with Gasteiger partial charge in [-0.25, -0.2) is 0 Å².